The quantitative estimate of drug-likeness (QED) is 0.139. The van der Waals surface area contributed by atoms with Gasteiger partial charge < -0.3 is 0 Å². The van der Waals surface area contributed by atoms with Gasteiger partial charge in [-0.3, -0.25) is 0 Å². The third-order valence-electron chi connectivity index (χ3n) is 7.77. The summed E-state index contributed by atoms with van der Waals surface area (Å²) in [6.07, 6.45) is 7.59. The van der Waals surface area contributed by atoms with Gasteiger partial charge in [-0.05, 0) is 46.2 Å². The number of hydrogen-bond acceptors (Lipinski definition) is 5. The number of benzene rings is 5. The molecule has 0 amide bonds. The minimum absolute atomic E-state index is 0.580. The summed E-state index contributed by atoms with van der Waals surface area (Å²) in [6.45, 7) is 5.76. The van der Waals surface area contributed by atoms with E-state index in [0.717, 1.165) is 60.8 Å². The Hall–Kier alpha value is -6.07. The van der Waals surface area contributed by atoms with Crippen molar-refractivity contribution in [2.45, 2.75) is 6.92 Å². The molecule has 0 aliphatic carbocycles. The molecule has 5 heteroatoms. The maximum atomic E-state index is 5.13. The largest absolute Gasteiger partial charge is 0.208 e. The Balaban J connectivity index is 1.54. The summed E-state index contributed by atoms with van der Waals surface area (Å²) in [7, 11) is 0. The highest BCUT2D eigenvalue weighted by Gasteiger charge is 2.22. The molecule has 2 heterocycles. The monoisotopic (exact) mass is 579 g/mol. The van der Waals surface area contributed by atoms with E-state index < -0.39 is 0 Å². The van der Waals surface area contributed by atoms with Gasteiger partial charge in [0.25, 0.3) is 0 Å². The lowest BCUT2D eigenvalue weighted by Crippen LogP contribution is -2.03. The van der Waals surface area contributed by atoms with Crippen molar-refractivity contribution in [1.82, 2.24) is 25.1 Å². The third-order valence-corrected chi connectivity index (χ3v) is 7.77. The normalized spacial score (nSPS) is 11.8. The minimum atomic E-state index is 0.580. The van der Waals surface area contributed by atoms with E-state index >= 15 is 0 Å². The zero-order valence-corrected chi connectivity index (χ0v) is 24.8. The van der Waals surface area contributed by atoms with E-state index in [9.17, 15) is 0 Å². The van der Waals surface area contributed by atoms with Gasteiger partial charge in [-0.1, -0.05) is 140 Å². The predicted octanol–water partition coefficient (Wildman–Crippen LogP) is 9.78. The van der Waals surface area contributed by atoms with Crippen LogP contribution in [0.3, 0.4) is 0 Å². The Morgan fingerprint density at radius 1 is 0.511 bits per heavy atom. The van der Waals surface area contributed by atoms with Gasteiger partial charge in [0, 0.05) is 22.3 Å². The summed E-state index contributed by atoms with van der Waals surface area (Å²) < 4.78 is 0. The number of allylic oxidation sites excluding steroid dienone is 5. The summed E-state index contributed by atoms with van der Waals surface area (Å²) in [5, 5.41) is 13.8. The third kappa shape index (κ3) is 5.43. The molecule has 45 heavy (non-hydrogen) atoms. The maximum absolute atomic E-state index is 5.13. The Morgan fingerprint density at radius 3 is 1.56 bits per heavy atom. The molecule has 5 nitrogen and oxygen atoms in total. The number of fused-ring (bicyclic) bond motifs is 3. The van der Waals surface area contributed by atoms with Gasteiger partial charge in [-0.2, -0.15) is 5.10 Å². The molecule has 0 fully saturated rings. The molecule has 214 valence electrons. The molecule has 0 saturated heterocycles. The van der Waals surface area contributed by atoms with Crippen LogP contribution >= 0.6 is 0 Å². The smallest absolute Gasteiger partial charge is 0.165 e. The molecule has 5 aromatic carbocycles. The molecule has 0 aliphatic rings. The fraction of sp³-hybridized carbons (Fsp3) is 0.0250. The molecular formula is C40H29N5. The van der Waals surface area contributed by atoms with Crippen LogP contribution in [0.1, 0.15) is 12.6 Å². The number of nitrogens with zero attached hydrogens (tertiary/aromatic N) is 5. The van der Waals surface area contributed by atoms with Crippen LogP contribution in [0.15, 0.2) is 152 Å². The predicted molar refractivity (Wildman–Crippen MR) is 185 cm³/mol. The fourth-order valence-electron chi connectivity index (χ4n) is 5.60. The fourth-order valence-corrected chi connectivity index (χ4v) is 5.60. The molecule has 0 atom stereocenters. The van der Waals surface area contributed by atoms with Crippen LogP contribution in [0, 0.1) is 0 Å². The van der Waals surface area contributed by atoms with E-state index in [4.69, 9.17) is 20.1 Å². The van der Waals surface area contributed by atoms with Gasteiger partial charge in [0.1, 0.15) is 0 Å². The van der Waals surface area contributed by atoms with Gasteiger partial charge in [0.15, 0.2) is 17.5 Å². The van der Waals surface area contributed by atoms with E-state index in [0.29, 0.717) is 17.5 Å². The standard InChI is InChI=1S/C40H29N5/c1-3-4-7-16-27(2)34-25-26-35(45-44-34)36-32-23-14-12-21-30(32)31-22-13-15-24-33(31)37(36)40-42-38(28-17-8-5-9-18-28)41-39(43-40)29-19-10-6-11-20-29/h3-26H,1H2,2H3/b7-4-,27-16+. The first-order valence-electron chi connectivity index (χ1n) is 14.8. The van der Waals surface area contributed by atoms with Gasteiger partial charge in [-0.15, -0.1) is 5.10 Å². The molecule has 0 radical (unpaired) electrons. The number of aromatic nitrogens is 5. The van der Waals surface area contributed by atoms with Crippen molar-refractivity contribution in [3.8, 4) is 45.4 Å². The van der Waals surface area contributed by atoms with E-state index in [1.165, 1.54) is 0 Å². The van der Waals surface area contributed by atoms with Crippen molar-refractivity contribution >= 4 is 27.1 Å². The first kappa shape index (κ1) is 27.7. The summed E-state index contributed by atoms with van der Waals surface area (Å²) >= 11 is 0. The SMILES string of the molecule is C=C/C=C\C=C(/C)c1ccc(-c2c(-c3nc(-c4ccccc4)nc(-c4ccccc4)n3)c3ccccc3c3ccccc23)nn1. The van der Waals surface area contributed by atoms with Crippen LogP contribution in [0.5, 0.6) is 0 Å². The molecule has 0 unspecified atom stereocenters. The van der Waals surface area contributed by atoms with Crippen molar-refractivity contribution in [2.75, 3.05) is 0 Å². The van der Waals surface area contributed by atoms with Gasteiger partial charge >= 0.3 is 0 Å². The lowest BCUT2D eigenvalue weighted by atomic mass is 9.89. The molecule has 0 aliphatic heterocycles. The van der Waals surface area contributed by atoms with Crippen molar-refractivity contribution in [3.63, 3.8) is 0 Å². The van der Waals surface area contributed by atoms with Crippen LogP contribution < -0.4 is 0 Å². The molecule has 0 spiro atoms. The maximum Gasteiger partial charge on any atom is 0.165 e. The van der Waals surface area contributed by atoms with Crippen LogP contribution in [0.4, 0.5) is 0 Å². The average Bonchev–Trinajstić information content (AvgIpc) is 3.11. The number of rotatable bonds is 7. The molecule has 0 saturated carbocycles. The first-order chi connectivity index (χ1) is 22.2. The van der Waals surface area contributed by atoms with Crippen LogP contribution in [0.25, 0.3) is 72.5 Å². The average molecular weight is 580 g/mol. The van der Waals surface area contributed by atoms with E-state index in [-0.39, 0.29) is 0 Å². The summed E-state index contributed by atoms with van der Waals surface area (Å²) in [5.74, 6) is 1.80. The Morgan fingerprint density at radius 2 is 1.02 bits per heavy atom. The highest BCUT2D eigenvalue weighted by molar-refractivity contribution is 6.20. The topological polar surface area (TPSA) is 64.5 Å². The van der Waals surface area contributed by atoms with E-state index in [1.807, 2.05) is 97.9 Å². The summed E-state index contributed by atoms with van der Waals surface area (Å²) in [4.78, 5) is 15.2. The van der Waals surface area contributed by atoms with Crippen molar-refractivity contribution in [2.24, 2.45) is 0 Å². The van der Waals surface area contributed by atoms with Crippen LogP contribution in [0.2, 0.25) is 0 Å². The second kappa shape index (κ2) is 12.3. The second-order valence-corrected chi connectivity index (χ2v) is 10.7. The zero-order valence-electron chi connectivity index (χ0n) is 24.8. The van der Waals surface area contributed by atoms with Gasteiger partial charge in [0.2, 0.25) is 0 Å². The molecule has 2 aromatic heterocycles. The van der Waals surface area contributed by atoms with Crippen molar-refractivity contribution in [3.05, 3.63) is 158 Å². The first-order valence-corrected chi connectivity index (χ1v) is 14.8. The molecule has 7 aromatic rings. The molecule has 7 rings (SSSR count). The summed E-state index contributed by atoms with van der Waals surface area (Å²) in [5.41, 5.74) is 6.21. The Labute approximate surface area is 262 Å². The van der Waals surface area contributed by atoms with Crippen molar-refractivity contribution in [1.29, 1.82) is 0 Å². The zero-order chi connectivity index (χ0) is 30.6. The van der Waals surface area contributed by atoms with Crippen LogP contribution in [-0.4, -0.2) is 25.1 Å². The van der Waals surface area contributed by atoms with Crippen molar-refractivity contribution < 1.29 is 0 Å². The van der Waals surface area contributed by atoms with E-state index in [1.54, 1.807) is 6.08 Å². The lowest BCUT2D eigenvalue weighted by Gasteiger charge is -2.17. The second-order valence-electron chi connectivity index (χ2n) is 10.7. The van der Waals surface area contributed by atoms with Crippen LogP contribution in [-0.2, 0) is 0 Å². The summed E-state index contributed by atoms with van der Waals surface area (Å²) in [6, 6.07) is 41.0. The number of hydrogen-bond donors (Lipinski definition) is 0. The Kier molecular flexibility index (Phi) is 7.57. The molecular weight excluding hydrogens is 550 g/mol. The molecule has 0 bridgehead atoms. The highest BCUT2D eigenvalue weighted by atomic mass is 15.1. The minimum Gasteiger partial charge on any atom is -0.208 e. The lowest BCUT2D eigenvalue weighted by molar-refractivity contribution is 1.02. The molecule has 0 N–H and O–H groups in total. The van der Waals surface area contributed by atoms with E-state index in [2.05, 4.69) is 60.2 Å². The van der Waals surface area contributed by atoms with Gasteiger partial charge in [-0.25, -0.2) is 15.0 Å². The highest BCUT2D eigenvalue weighted by Crippen LogP contribution is 2.43. The van der Waals surface area contributed by atoms with Gasteiger partial charge in [0.05, 0.1) is 11.4 Å². The Bertz CT molecular complexity index is 2160.